The van der Waals surface area contributed by atoms with Gasteiger partial charge in [0.1, 0.15) is 0 Å². The van der Waals surface area contributed by atoms with Gasteiger partial charge in [-0.3, -0.25) is 4.79 Å². The van der Waals surface area contributed by atoms with Crippen LogP contribution in [0.5, 0.6) is 0 Å². The van der Waals surface area contributed by atoms with E-state index in [9.17, 15) is 31.1 Å². The van der Waals surface area contributed by atoms with E-state index in [1.165, 1.54) is 12.1 Å². The third-order valence-corrected chi connectivity index (χ3v) is 3.69. The van der Waals surface area contributed by atoms with Gasteiger partial charge in [0.15, 0.2) is 0 Å². The first-order chi connectivity index (χ1) is 11.4. The minimum absolute atomic E-state index is 0.0421. The molecule has 0 atom stereocenters. The van der Waals surface area contributed by atoms with E-state index in [1.807, 2.05) is 0 Å². The Bertz CT molecular complexity index is 781. The zero-order valence-electron chi connectivity index (χ0n) is 12.5. The van der Waals surface area contributed by atoms with E-state index in [-0.39, 0.29) is 16.8 Å². The van der Waals surface area contributed by atoms with Crippen LogP contribution in [0.2, 0.25) is 5.02 Å². The molecule has 2 aromatic rings. The fraction of sp³-hybridized carbons (Fsp3) is 0.188. The Kier molecular flexibility index (Phi) is 5.04. The molecular weight excluding hydrogens is 372 g/mol. The number of nitrogens with one attached hydrogen (secondary N) is 1. The first-order valence-electron chi connectivity index (χ1n) is 6.75. The number of alkyl halides is 6. The SMILES string of the molecule is Cc1ccc(NC(=O)c2cc(C(F)(F)F)cc(C(F)(F)F)c2)cc1Cl. The number of rotatable bonds is 2. The quantitative estimate of drug-likeness (QED) is 0.641. The van der Waals surface area contributed by atoms with Crippen molar-refractivity contribution in [1.82, 2.24) is 0 Å². The van der Waals surface area contributed by atoms with Crippen molar-refractivity contribution in [3.8, 4) is 0 Å². The van der Waals surface area contributed by atoms with E-state index in [0.29, 0.717) is 17.7 Å². The second kappa shape index (κ2) is 6.59. The standard InChI is InChI=1S/C16H10ClF6NO/c1-8-2-3-12(7-13(8)17)24-14(25)9-4-10(15(18,19)20)6-11(5-9)16(21,22)23/h2-7H,1H3,(H,24,25). The molecule has 0 fully saturated rings. The molecule has 134 valence electrons. The first kappa shape index (κ1) is 19.1. The molecule has 2 nitrogen and oxygen atoms in total. The van der Waals surface area contributed by atoms with Crippen molar-refractivity contribution in [2.24, 2.45) is 0 Å². The maximum absolute atomic E-state index is 12.8. The molecule has 0 aliphatic heterocycles. The molecule has 0 aliphatic rings. The lowest BCUT2D eigenvalue weighted by Gasteiger charge is -2.14. The highest BCUT2D eigenvalue weighted by Gasteiger charge is 2.37. The van der Waals surface area contributed by atoms with Crippen LogP contribution in [-0.4, -0.2) is 5.91 Å². The summed E-state index contributed by atoms with van der Waals surface area (Å²) in [7, 11) is 0. The highest BCUT2D eigenvalue weighted by Crippen LogP contribution is 2.36. The van der Waals surface area contributed by atoms with Crippen LogP contribution in [-0.2, 0) is 12.4 Å². The van der Waals surface area contributed by atoms with Crippen LogP contribution in [0, 0.1) is 6.92 Å². The molecule has 0 spiro atoms. The van der Waals surface area contributed by atoms with Gasteiger partial charge >= 0.3 is 12.4 Å². The van der Waals surface area contributed by atoms with Crippen molar-refractivity contribution < 1.29 is 31.1 Å². The highest BCUT2D eigenvalue weighted by atomic mass is 35.5. The Morgan fingerprint density at radius 3 is 1.88 bits per heavy atom. The zero-order chi connectivity index (χ0) is 19.0. The Labute approximate surface area is 143 Å². The average Bonchev–Trinajstić information content (AvgIpc) is 2.48. The molecule has 0 saturated heterocycles. The monoisotopic (exact) mass is 381 g/mol. The predicted molar refractivity (Wildman–Crippen MR) is 80.6 cm³/mol. The normalized spacial score (nSPS) is 12.2. The van der Waals surface area contributed by atoms with E-state index in [1.54, 1.807) is 13.0 Å². The summed E-state index contributed by atoms with van der Waals surface area (Å²) < 4.78 is 76.8. The Morgan fingerprint density at radius 2 is 1.44 bits per heavy atom. The van der Waals surface area contributed by atoms with Gasteiger partial charge in [-0.2, -0.15) is 26.3 Å². The van der Waals surface area contributed by atoms with Gasteiger partial charge in [-0.05, 0) is 42.8 Å². The summed E-state index contributed by atoms with van der Waals surface area (Å²) >= 11 is 5.86. The second-order valence-electron chi connectivity index (χ2n) is 5.21. The number of amides is 1. The zero-order valence-corrected chi connectivity index (χ0v) is 13.3. The summed E-state index contributed by atoms with van der Waals surface area (Å²) in [6.07, 6.45) is -10.0. The Morgan fingerprint density at radius 1 is 0.920 bits per heavy atom. The number of hydrogen-bond donors (Lipinski definition) is 1. The van der Waals surface area contributed by atoms with Crippen LogP contribution in [0.25, 0.3) is 0 Å². The highest BCUT2D eigenvalue weighted by molar-refractivity contribution is 6.31. The molecule has 0 unspecified atom stereocenters. The van der Waals surface area contributed by atoms with E-state index in [0.717, 1.165) is 0 Å². The number of anilines is 1. The molecule has 1 N–H and O–H groups in total. The van der Waals surface area contributed by atoms with Gasteiger partial charge in [-0.25, -0.2) is 0 Å². The summed E-state index contributed by atoms with van der Waals surface area (Å²) in [4.78, 5) is 12.1. The minimum atomic E-state index is -5.02. The molecule has 0 aliphatic carbocycles. The second-order valence-corrected chi connectivity index (χ2v) is 5.62. The Balaban J connectivity index is 2.42. The summed E-state index contributed by atoms with van der Waals surface area (Å²) in [6.45, 7) is 1.69. The summed E-state index contributed by atoms with van der Waals surface area (Å²) in [5.41, 5.74) is -3.05. The lowest BCUT2D eigenvalue weighted by atomic mass is 10.0. The number of aryl methyl sites for hydroxylation is 1. The van der Waals surface area contributed by atoms with Crippen LogP contribution < -0.4 is 5.32 Å². The number of hydrogen-bond acceptors (Lipinski definition) is 1. The number of benzene rings is 2. The number of carbonyl (C=O) groups excluding carboxylic acids is 1. The molecule has 0 bridgehead atoms. The summed E-state index contributed by atoms with van der Waals surface area (Å²) in [6, 6.07) is 5.00. The van der Waals surface area contributed by atoms with Gasteiger partial charge in [0, 0.05) is 16.3 Å². The number of carbonyl (C=O) groups is 1. The van der Waals surface area contributed by atoms with Crippen molar-refractivity contribution >= 4 is 23.2 Å². The van der Waals surface area contributed by atoms with E-state index < -0.39 is 35.0 Å². The minimum Gasteiger partial charge on any atom is -0.322 e. The molecule has 25 heavy (non-hydrogen) atoms. The van der Waals surface area contributed by atoms with Crippen LogP contribution >= 0.6 is 11.6 Å². The lowest BCUT2D eigenvalue weighted by Crippen LogP contribution is -2.17. The molecule has 0 radical (unpaired) electrons. The maximum Gasteiger partial charge on any atom is 0.416 e. The summed E-state index contributed by atoms with van der Waals surface area (Å²) in [5, 5.41) is 2.52. The van der Waals surface area contributed by atoms with Crippen molar-refractivity contribution in [3.05, 3.63) is 63.7 Å². The molecule has 2 aromatic carbocycles. The van der Waals surface area contributed by atoms with E-state index in [2.05, 4.69) is 5.32 Å². The first-order valence-corrected chi connectivity index (χ1v) is 7.13. The molecule has 0 heterocycles. The average molecular weight is 382 g/mol. The van der Waals surface area contributed by atoms with Crippen molar-refractivity contribution in [2.75, 3.05) is 5.32 Å². The fourth-order valence-electron chi connectivity index (χ4n) is 1.96. The molecular formula is C16H10ClF6NO. The van der Waals surface area contributed by atoms with Gasteiger partial charge in [0.25, 0.3) is 5.91 Å². The molecule has 9 heteroatoms. The Hall–Kier alpha value is -2.22. The number of halogens is 7. The van der Waals surface area contributed by atoms with Crippen LogP contribution in [0.3, 0.4) is 0 Å². The lowest BCUT2D eigenvalue weighted by molar-refractivity contribution is -0.143. The van der Waals surface area contributed by atoms with Crippen molar-refractivity contribution in [1.29, 1.82) is 0 Å². The summed E-state index contributed by atoms with van der Waals surface area (Å²) in [5.74, 6) is -1.11. The molecule has 0 saturated carbocycles. The van der Waals surface area contributed by atoms with Gasteiger partial charge in [0.2, 0.25) is 0 Å². The van der Waals surface area contributed by atoms with E-state index in [4.69, 9.17) is 11.6 Å². The van der Waals surface area contributed by atoms with Gasteiger partial charge in [0.05, 0.1) is 11.1 Å². The molecule has 0 aromatic heterocycles. The van der Waals surface area contributed by atoms with Crippen LogP contribution in [0.1, 0.15) is 27.0 Å². The van der Waals surface area contributed by atoms with E-state index >= 15 is 0 Å². The molecule has 2 rings (SSSR count). The molecule has 1 amide bonds. The van der Waals surface area contributed by atoms with Gasteiger partial charge in [-0.15, -0.1) is 0 Å². The third-order valence-electron chi connectivity index (χ3n) is 3.28. The topological polar surface area (TPSA) is 29.1 Å². The maximum atomic E-state index is 12.8. The smallest absolute Gasteiger partial charge is 0.322 e. The van der Waals surface area contributed by atoms with Crippen LogP contribution in [0.15, 0.2) is 36.4 Å². The largest absolute Gasteiger partial charge is 0.416 e. The van der Waals surface area contributed by atoms with Gasteiger partial charge in [-0.1, -0.05) is 17.7 Å². The van der Waals surface area contributed by atoms with Crippen molar-refractivity contribution in [2.45, 2.75) is 19.3 Å². The van der Waals surface area contributed by atoms with Gasteiger partial charge < -0.3 is 5.32 Å². The third kappa shape index (κ3) is 4.66. The van der Waals surface area contributed by atoms with Crippen molar-refractivity contribution in [3.63, 3.8) is 0 Å². The van der Waals surface area contributed by atoms with Crippen LogP contribution in [0.4, 0.5) is 32.0 Å². The fourth-order valence-corrected chi connectivity index (χ4v) is 2.14. The predicted octanol–water partition coefficient (Wildman–Crippen LogP) is 5.94.